The highest BCUT2D eigenvalue weighted by Gasteiger charge is 2.30. The maximum absolute atomic E-state index is 13.1. The van der Waals surface area contributed by atoms with Gasteiger partial charge in [0.25, 0.3) is 0 Å². The maximum atomic E-state index is 13.1. The standard InChI is InChI=1S/C78H152O17P2/c1-6-9-12-15-18-21-24-27-29-31-32-33-35-38-41-44-47-54-59-64-77(82)94-73(67-88-75(80)61-56-51-45-42-39-37-34-30-28-25-22-19-16-13-10-7-2)69-92-96(84,85)90-65-72(79)66-91-97(86,87)93-70-74(68-89-76(81)62-57-52-49-48-50-55-60-71(4)5)95-78(83)63-58-53-46-43-40-36-26-23-20-17-14-11-8-3/h71-74,79H,6-70H2,1-5H3,(H,84,85)(H,86,87)/t72-,73-,74-/m1/s1. The lowest BCUT2D eigenvalue weighted by atomic mass is 10.0. The fourth-order valence-electron chi connectivity index (χ4n) is 12.1. The van der Waals surface area contributed by atoms with E-state index >= 15 is 0 Å². The molecule has 0 aromatic rings. The molecule has 0 aromatic heterocycles. The lowest BCUT2D eigenvalue weighted by Gasteiger charge is -2.21. The van der Waals surface area contributed by atoms with Gasteiger partial charge in [-0.3, -0.25) is 37.3 Å². The number of ether oxygens (including phenoxy) is 4. The minimum absolute atomic E-state index is 0.107. The molecule has 0 aliphatic carbocycles. The summed E-state index contributed by atoms with van der Waals surface area (Å²) in [5.41, 5.74) is 0. The summed E-state index contributed by atoms with van der Waals surface area (Å²) in [7, 11) is -9.91. The molecule has 2 unspecified atom stereocenters. The van der Waals surface area contributed by atoms with Crippen LogP contribution >= 0.6 is 15.6 Å². The van der Waals surface area contributed by atoms with Crippen molar-refractivity contribution in [3.8, 4) is 0 Å². The second kappa shape index (κ2) is 71.1. The summed E-state index contributed by atoms with van der Waals surface area (Å²) in [6.07, 6.45) is 61.2. The van der Waals surface area contributed by atoms with Gasteiger partial charge >= 0.3 is 39.5 Å². The average molecular weight is 1420 g/mol. The zero-order valence-corrected chi connectivity index (χ0v) is 65.0. The fraction of sp³-hybridized carbons (Fsp3) is 0.949. The lowest BCUT2D eigenvalue weighted by Crippen LogP contribution is -2.30. The first kappa shape index (κ1) is 95.1. The number of aliphatic hydroxyl groups is 1. The number of carbonyl (C=O) groups is 4. The van der Waals surface area contributed by atoms with Gasteiger partial charge in [0.15, 0.2) is 12.2 Å². The van der Waals surface area contributed by atoms with Crippen LogP contribution in [0.2, 0.25) is 0 Å². The molecule has 0 bridgehead atoms. The predicted octanol–water partition coefficient (Wildman–Crippen LogP) is 23.3. The summed E-state index contributed by atoms with van der Waals surface area (Å²) in [6, 6.07) is 0. The number of phosphoric acid groups is 2. The Morgan fingerprint density at radius 2 is 0.474 bits per heavy atom. The van der Waals surface area contributed by atoms with E-state index < -0.39 is 97.5 Å². The Bertz CT molecular complexity index is 1860. The van der Waals surface area contributed by atoms with Gasteiger partial charge < -0.3 is 33.8 Å². The number of aliphatic hydroxyl groups excluding tert-OH is 1. The SMILES string of the molecule is CCCCCCCCCCCCCCCCCCCCCC(=O)O[C@H](COC(=O)CCCCCCCCCCCCCCCCCC)COP(=O)(O)OC[C@@H](O)COP(=O)(O)OC[C@@H](COC(=O)CCCCCCCCC(C)C)OC(=O)CCCCCCCCCCCCCCC. The van der Waals surface area contributed by atoms with Crippen LogP contribution in [0.15, 0.2) is 0 Å². The summed E-state index contributed by atoms with van der Waals surface area (Å²) < 4.78 is 68.6. The molecule has 0 saturated carbocycles. The Morgan fingerprint density at radius 1 is 0.278 bits per heavy atom. The number of phosphoric ester groups is 2. The minimum atomic E-state index is -4.96. The minimum Gasteiger partial charge on any atom is -0.462 e. The van der Waals surface area contributed by atoms with Gasteiger partial charge in [0.1, 0.15) is 19.3 Å². The quantitative estimate of drug-likeness (QED) is 0.0222. The molecule has 5 atom stereocenters. The van der Waals surface area contributed by atoms with Crippen LogP contribution in [0.4, 0.5) is 0 Å². The van der Waals surface area contributed by atoms with Crippen molar-refractivity contribution >= 4 is 39.5 Å². The van der Waals surface area contributed by atoms with Crippen molar-refractivity contribution in [2.24, 2.45) is 5.92 Å². The van der Waals surface area contributed by atoms with Crippen LogP contribution in [0.25, 0.3) is 0 Å². The highest BCUT2D eigenvalue weighted by Crippen LogP contribution is 2.45. The van der Waals surface area contributed by atoms with Crippen LogP contribution < -0.4 is 0 Å². The van der Waals surface area contributed by atoms with Crippen LogP contribution in [-0.4, -0.2) is 96.7 Å². The zero-order chi connectivity index (χ0) is 71.2. The molecule has 19 heteroatoms. The third-order valence-corrected chi connectivity index (χ3v) is 20.2. The van der Waals surface area contributed by atoms with E-state index in [1.54, 1.807) is 0 Å². The molecule has 0 radical (unpaired) electrons. The monoisotopic (exact) mass is 1420 g/mol. The van der Waals surface area contributed by atoms with Gasteiger partial charge in [0.05, 0.1) is 26.4 Å². The van der Waals surface area contributed by atoms with E-state index in [9.17, 15) is 43.2 Å². The van der Waals surface area contributed by atoms with Gasteiger partial charge in [-0.15, -0.1) is 0 Å². The van der Waals surface area contributed by atoms with Crippen LogP contribution in [0.1, 0.15) is 413 Å². The second-order valence-corrected chi connectivity index (χ2v) is 31.5. The van der Waals surface area contributed by atoms with E-state index in [2.05, 4.69) is 34.6 Å². The predicted molar refractivity (Wildman–Crippen MR) is 395 cm³/mol. The third-order valence-electron chi connectivity index (χ3n) is 18.3. The van der Waals surface area contributed by atoms with Gasteiger partial charge in [-0.2, -0.15) is 0 Å². The molecule has 576 valence electrons. The van der Waals surface area contributed by atoms with E-state index in [1.807, 2.05) is 0 Å². The van der Waals surface area contributed by atoms with Crippen molar-refractivity contribution in [1.29, 1.82) is 0 Å². The number of rotatable bonds is 78. The summed E-state index contributed by atoms with van der Waals surface area (Å²) in [6.45, 7) is 7.23. The largest absolute Gasteiger partial charge is 0.472 e. The molecule has 0 spiro atoms. The second-order valence-electron chi connectivity index (χ2n) is 28.6. The highest BCUT2D eigenvalue weighted by atomic mass is 31.2. The average Bonchev–Trinajstić information content (AvgIpc) is 1.36. The lowest BCUT2D eigenvalue weighted by molar-refractivity contribution is -0.161. The fourth-order valence-corrected chi connectivity index (χ4v) is 13.6. The molecule has 97 heavy (non-hydrogen) atoms. The summed E-state index contributed by atoms with van der Waals surface area (Å²) in [5, 5.41) is 10.6. The summed E-state index contributed by atoms with van der Waals surface area (Å²) in [4.78, 5) is 72.9. The smallest absolute Gasteiger partial charge is 0.462 e. The first-order valence-electron chi connectivity index (χ1n) is 40.6. The first-order chi connectivity index (χ1) is 47.0. The highest BCUT2D eigenvalue weighted by molar-refractivity contribution is 7.47. The molecule has 0 fully saturated rings. The maximum Gasteiger partial charge on any atom is 0.472 e. The molecular formula is C78H152O17P2. The number of esters is 4. The molecule has 0 aliphatic heterocycles. The molecule has 17 nitrogen and oxygen atoms in total. The summed E-state index contributed by atoms with van der Waals surface area (Å²) in [5.74, 6) is -1.43. The molecule has 0 saturated heterocycles. The molecular weight excluding hydrogens is 1270 g/mol. The van der Waals surface area contributed by atoms with Crippen LogP contribution in [0.5, 0.6) is 0 Å². The van der Waals surface area contributed by atoms with E-state index in [4.69, 9.17) is 37.0 Å². The Balaban J connectivity index is 5.22. The van der Waals surface area contributed by atoms with Crippen LogP contribution in [0, 0.1) is 5.92 Å². The van der Waals surface area contributed by atoms with Gasteiger partial charge in [-0.05, 0) is 31.6 Å². The van der Waals surface area contributed by atoms with E-state index in [0.717, 1.165) is 96.3 Å². The number of unbranched alkanes of at least 4 members (excludes halogenated alkanes) is 50. The molecule has 0 amide bonds. The van der Waals surface area contributed by atoms with Crippen molar-refractivity contribution in [3.05, 3.63) is 0 Å². The summed E-state index contributed by atoms with van der Waals surface area (Å²) >= 11 is 0. The molecule has 0 heterocycles. The van der Waals surface area contributed by atoms with Gasteiger partial charge in [0.2, 0.25) is 0 Å². The molecule has 3 N–H and O–H groups in total. The van der Waals surface area contributed by atoms with E-state index in [-0.39, 0.29) is 25.7 Å². The van der Waals surface area contributed by atoms with Crippen molar-refractivity contribution < 1.29 is 80.2 Å². The Morgan fingerprint density at radius 3 is 0.701 bits per heavy atom. The van der Waals surface area contributed by atoms with Crippen molar-refractivity contribution in [3.63, 3.8) is 0 Å². The number of hydrogen-bond donors (Lipinski definition) is 3. The zero-order valence-electron chi connectivity index (χ0n) is 63.2. The van der Waals surface area contributed by atoms with Crippen molar-refractivity contribution in [1.82, 2.24) is 0 Å². The first-order valence-corrected chi connectivity index (χ1v) is 43.6. The third kappa shape index (κ3) is 72.2. The van der Waals surface area contributed by atoms with Crippen LogP contribution in [0.3, 0.4) is 0 Å². The van der Waals surface area contributed by atoms with E-state index in [1.165, 1.54) is 231 Å². The normalized spacial score (nSPS) is 13.9. The Kier molecular flexibility index (Phi) is 69.6. The van der Waals surface area contributed by atoms with Crippen molar-refractivity contribution in [2.45, 2.75) is 432 Å². The molecule has 0 rings (SSSR count). The van der Waals surface area contributed by atoms with Gasteiger partial charge in [-0.25, -0.2) is 9.13 Å². The topological polar surface area (TPSA) is 237 Å². The van der Waals surface area contributed by atoms with Crippen molar-refractivity contribution in [2.75, 3.05) is 39.6 Å². The Hall–Kier alpha value is -1.94. The van der Waals surface area contributed by atoms with Crippen LogP contribution in [-0.2, 0) is 65.4 Å². The Labute approximate surface area is 594 Å². The number of carbonyl (C=O) groups excluding carboxylic acids is 4. The van der Waals surface area contributed by atoms with Gasteiger partial charge in [-0.1, -0.05) is 362 Å². The van der Waals surface area contributed by atoms with Gasteiger partial charge in [0, 0.05) is 25.7 Å². The number of hydrogen-bond acceptors (Lipinski definition) is 15. The van der Waals surface area contributed by atoms with E-state index in [0.29, 0.717) is 31.6 Å². The molecule has 0 aliphatic rings. The molecule has 0 aromatic carbocycles.